The number of carbonyl (C=O) groups excluding carboxylic acids is 1. The zero-order valence-electron chi connectivity index (χ0n) is 17.2. The number of amides is 1. The van der Waals surface area contributed by atoms with Crippen LogP contribution in [-0.4, -0.2) is 56.6 Å². The van der Waals surface area contributed by atoms with Gasteiger partial charge in [0.15, 0.2) is 5.96 Å². The number of halogens is 1. The number of aliphatic imine (C=N–C) groups is 1. The second kappa shape index (κ2) is 14.6. The van der Waals surface area contributed by atoms with E-state index in [2.05, 4.69) is 34.7 Å². The molecule has 0 aliphatic carbocycles. The van der Waals surface area contributed by atoms with E-state index in [1.165, 1.54) is 6.42 Å². The van der Waals surface area contributed by atoms with Gasteiger partial charge in [-0.2, -0.15) is 0 Å². The fourth-order valence-electron chi connectivity index (χ4n) is 3.25. The highest BCUT2D eigenvalue weighted by atomic mass is 127. The van der Waals surface area contributed by atoms with Crippen molar-refractivity contribution < 1.29 is 9.53 Å². The van der Waals surface area contributed by atoms with Crippen LogP contribution in [0.5, 0.6) is 0 Å². The summed E-state index contributed by atoms with van der Waals surface area (Å²) in [5.74, 6) is 1.09. The molecule has 0 bridgehead atoms. The maximum atomic E-state index is 12.0. The second-order valence-electron chi connectivity index (χ2n) is 6.83. The van der Waals surface area contributed by atoms with Gasteiger partial charge in [-0.05, 0) is 31.7 Å². The molecular weight excluding hydrogens is 467 g/mol. The number of nitrogens with one attached hydrogen (secondary N) is 2. The average molecular weight is 502 g/mol. The van der Waals surface area contributed by atoms with Gasteiger partial charge in [-0.3, -0.25) is 9.79 Å². The summed E-state index contributed by atoms with van der Waals surface area (Å²) in [4.78, 5) is 18.7. The van der Waals surface area contributed by atoms with Gasteiger partial charge < -0.3 is 20.3 Å². The molecule has 1 fully saturated rings. The standard InChI is InChI=1S/C21H34N4O2.HI/c1-3-22-21(24-17-19(27-2)18-11-6-4-7-12-18)23-14-10-16-25-15-9-5-8-13-20(25)26;/h4,6-7,11-12,19H,3,5,8-10,13-17H2,1-2H3,(H2,22,23,24);1H. The van der Waals surface area contributed by atoms with Crippen LogP contribution in [-0.2, 0) is 9.53 Å². The third-order valence-corrected chi connectivity index (χ3v) is 4.78. The molecule has 1 saturated heterocycles. The Hall–Kier alpha value is -1.35. The van der Waals surface area contributed by atoms with Gasteiger partial charge >= 0.3 is 0 Å². The molecular formula is C21H35IN4O2. The van der Waals surface area contributed by atoms with Crippen molar-refractivity contribution in [3.63, 3.8) is 0 Å². The van der Waals surface area contributed by atoms with Crippen molar-refractivity contribution in [2.45, 2.75) is 45.1 Å². The van der Waals surface area contributed by atoms with E-state index in [1.807, 2.05) is 23.1 Å². The van der Waals surface area contributed by atoms with Crippen LogP contribution in [0, 0.1) is 0 Å². The summed E-state index contributed by atoms with van der Waals surface area (Å²) in [5.41, 5.74) is 1.12. The monoisotopic (exact) mass is 502 g/mol. The molecule has 1 atom stereocenters. The van der Waals surface area contributed by atoms with Crippen LogP contribution in [0.25, 0.3) is 0 Å². The van der Waals surface area contributed by atoms with Crippen LogP contribution in [0.4, 0.5) is 0 Å². The molecule has 0 spiro atoms. The molecule has 1 aromatic rings. The lowest BCUT2D eigenvalue weighted by Gasteiger charge is -2.21. The minimum Gasteiger partial charge on any atom is -0.375 e. The van der Waals surface area contributed by atoms with Gasteiger partial charge in [-0.1, -0.05) is 36.8 Å². The Labute approximate surface area is 186 Å². The first kappa shape index (κ1) is 24.7. The molecule has 1 aromatic carbocycles. The van der Waals surface area contributed by atoms with Gasteiger partial charge in [0.1, 0.15) is 6.10 Å². The van der Waals surface area contributed by atoms with Crippen LogP contribution in [0.15, 0.2) is 35.3 Å². The van der Waals surface area contributed by atoms with Gasteiger partial charge in [-0.25, -0.2) is 0 Å². The molecule has 0 radical (unpaired) electrons. The molecule has 1 amide bonds. The fourth-order valence-corrected chi connectivity index (χ4v) is 3.25. The molecule has 6 nitrogen and oxygen atoms in total. The molecule has 28 heavy (non-hydrogen) atoms. The summed E-state index contributed by atoms with van der Waals surface area (Å²) in [7, 11) is 1.71. The van der Waals surface area contributed by atoms with E-state index in [-0.39, 0.29) is 30.1 Å². The third kappa shape index (κ3) is 8.77. The number of ether oxygens (including phenoxy) is 1. The zero-order valence-corrected chi connectivity index (χ0v) is 19.5. The summed E-state index contributed by atoms with van der Waals surface area (Å²) in [6.07, 6.45) is 4.89. The van der Waals surface area contributed by atoms with Gasteiger partial charge in [0.25, 0.3) is 0 Å². The molecule has 158 valence electrons. The van der Waals surface area contributed by atoms with Crippen LogP contribution in [0.1, 0.15) is 50.7 Å². The Balaban J connectivity index is 0.00000392. The number of guanidine groups is 1. The molecule has 0 aromatic heterocycles. The Morgan fingerprint density at radius 3 is 2.71 bits per heavy atom. The number of carbonyl (C=O) groups is 1. The van der Waals surface area contributed by atoms with Crippen molar-refractivity contribution in [1.82, 2.24) is 15.5 Å². The van der Waals surface area contributed by atoms with E-state index < -0.39 is 0 Å². The maximum absolute atomic E-state index is 12.0. The van der Waals surface area contributed by atoms with Gasteiger partial charge in [0.2, 0.25) is 5.91 Å². The minimum atomic E-state index is -0.0589. The van der Waals surface area contributed by atoms with Crippen LogP contribution in [0.3, 0.4) is 0 Å². The molecule has 1 aliphatic rings. The molecule has 1 heterocycles. The fraction of sp³-hybridized carbons (Fsp3) is 0.619. The second-order valence-corrected chi connectivity index (χ2v) is 6.83. The van der Waals surface area contributed by atoms with Crippen molar-refractivity contribution in [3.8, 4) is 0 Å². The lowest BCUT2D eigenvalue weighted by molar-refractivity contribution is -0.130. The molecule has 2 rings (SSSR count). The van der Waals surface area contributed by atoms with E-state index in [4.69, 9.17) is 4.74 Å². The highest BCUT2D eigenvalue weighted by Crippen LogP contribution is 2.16. The number of methoxy groups -OCH3 is 1. The molecule has 0 saturated carbocycles. The highest BCUT2D eigenvalue weighted by Gasteiger charge is 2.15. The summed E-state index contributed by atoms with van der Waals surface area (Å²) in [6, 6.07) is 10.1. The van der Waals surface area contributed by atoms with Crippen molar-refractivity contribution in [3.05, 3.63) is 35.9 Å². The first-order valence-electron chi connectivity index (χ1n) is 10.1. The van der Waals surface area contributed by atoms with E-state index in [9.17, 15) is 4.79 Å². The van der Waals surface area contributed by atoms with Gasteiger partial charge in [0.05, 0.1) is 6.54 Å². The van der Waals surface area contributed by atoms with E-state index >= 15 is 0 Å². The topological polar surface area (TPSA) is 66.0 Å². The number of nitrogens with zero attached hydrogens (tertiary/aromatic N) is 2. The first-order valence-corrected chi connectivity index (χ1v) is 10.1. The van der Waals surface area contributed by atoms with Crippen LogP contribution >= 0.6 is 24.0 Å². The minimum absolute atomic E-state index is 0. The highest BCUT2D eigenvalue weighted by molar-refractivity contribution is 14.0. The van der Waals surface area contributed by atoms with Crippen LogP contribution < -0.4 is 10.6 Å². The zero-order chi connectivity index (χ0) is 19.3. The smallest absolute Gasteiger partial charge is 0.222 e. The van der Waals surface area contributed by atoms with E-state index in [0.717, 1.165) is 57.0 Å². The maximum Gasteiger partial charge on any atom is 0.222 e. The number of benzene rings is 1. The molecule has 2 N–H and O–H groups in total. The van der Waals surface area contributed by atoms with Crippen LogP contribution in [0.2, 0.25) is 0 Å². The Morgan fingerprint density at radius 1 is 1.21 bits per heavy atom. The Morgan fingerprint density at radius 2 is 2.00 bits per heavy atom. The first-order chi connectivity index (χ1) is 13.2. The van der Waals surface area contributed by atoms with Crippen molar-refractivity contribution in [2.24, 2.45) is 4.99 Å². The summed E-state index contributed by atoms with van der Waals surface area (Å²) < 4.78 is 5.59. The lowest BCUT2D eigenvalue weighted by atomic mass is 10.1. The van der Waals surface area contributed by atoms with E-state index in [1.54, 1.807) is 7.11 Å². The quantitative estimate of drug-likeness (QED) is 0.235. The van der Waals surface area contributed by atoms with Crippen molar-refractivity contribution in [1.29, 1.82) is 0 Å². The van der Waals surface area contributed by atoms with Crippen molar-refractivity contribution in [2.75, 3.05) is 39.8 Å². The third-order valence-electron chi connectivity index (χ3n) is 4.78. The number of hydrogen-bond acceptors (Lipinski definition) is 3. The summed E-state index contributed by atoms with van der Waals surface area (Å²) >= 11 is 0. The SMILES string of the molecule is CCNC(=NCC(OC)c1ccccc1)NCCCN1CCCCCC1=O.I. The number of likely N-dealkylation sites (tertiary alicyclic amines) is 1. The normalized spacial score (nSPS) is 16.1. The molecule has 1 aliphatic heterocycles. The molecule has 7 heteroatoms. The summed E-state index contributed by atoms with van der Waals surface area (Å²) in [6.45, 7) is 5.92. The predicted octanol–water partition coefficient (Wildman–Crippen LogP) is 3.34. The number of rotatable bonds is 9. The molecule has 1 unspecified atom stereocenters. The van der Waals surface area contributed by atoms with Crippen molar-refractivity contribution >= 4 is 35.8 Å². The van der Waals surface area contributed by atoms with E-state index in [0.29, 0.717) is 18.9 Å². The van der Waals surface area contributed by atoms with Gasteiger partial charge in [0, 0.05) is 39.7 Å². The van der Waals surface area contributed by atoms with Gasteiger partial charge in [-0.15, -0.1) is 24.0 Å². The largest absolute Gasteiger partial charge is 0.375 e. The Bertz CT molecular complexity index is 583. The average Bonchev–Trinajstić information content (AvgIpc) is 2.90. The Kier molecular flexibility index (Phi) is 12.9. The number of hydrogen-bond donors (Lipinski definition) is 2. The summed E-state index contributed by atoms with van der Waals surface area (Å²) in [5, 5.41) is 6.64. The predicted molar refractivity (Wildman–Crippen MR) is 125 cm³/mol. The lowest BCUT2D eigenvalue weighted by Crippen LogP contribution is -2.39.